The summed E-state index contributed by atoms with van der Waals surface area (Å²) in [6, 6.07) is 6.46. The van der Waals surface area contributed by atoms with Crippen LogP contribution in [0.15, 0.2) is 24.3 Å². The van der Waals surface area contributed by atoms with Gasteiger partial charge >= 0.3 is 0 Å². The van der Waals surface area contributed by atoms with E-state index in [1.165, 1.54) is 18.6 Å². The molecule has 13 heavy (non-hydrogen) atoms. The number of benzene rings is 1. The minimum Gasteiger partial charge on any atom is -0.370 e. The second-order valence-electron chi connectivity index (χ2n) is 3.30. The van der Waals surface area contributed by atoms with Gasteiger partial charge in [0.15, 0.2) is 0 Å². The Morgan fingerprint density at radius 2 is 2.08 bits per heavy atom. The van der Waals surface area contributed by atoms with Crippen molar-refractivity contribution in [2.75, 3.05) is 11.9 Å². The van der Waals surface area contributed by atoms with Crippen molar-refractivity contribution < 1.29 is 4.39 Å². The SMILES string of the molecule is Fc1ccc(NC2CCCN2)cc1. The van der Waals surface area contributed by atoms with Gasteiger partial charge in [0.1, 0.15) is 5.82 Å². The van der Waals surface area contributed by atoms with Crippen molar-refractivity contribution in [3.63, 3.8) is 0 Å². The highest BCUT2D eigenvalue weighted by atomic mass is 19.1. The number of rotatable bonds is 2. The summed E-state index contributed by atoms with van der Waals surface area (Å²) < 4.78 is 12.6. The molecule has 0 spiro atoms. The van der Waals surface area contributed by atoms with Crippen LogP contribution in [-0.4, -0.2) is 12.7 Å². The quantitative estimate of drug-likeness (QED) is 0.726. The lowest BCUT2D eigenvalue weighted by Gasteiger charge is -2.13. The second-order valence-corrected chi connectivity index (χ2v) is 3.30. The van der Waals surface area contributed by atoms with E-state index < -0.39 is 0 Å². The molecule has 0 aromatic heterocycles. The molecule has 1 saturated heterocycles. The van der Waals surface area contributed by atoms with E-state index in [0.717, 1.165) is 18.7 Å². The maximum absolute atomic E-state index is 12.6. The summed E-state index contributed by atoms with van der Waals surface area (Å²) in [5, 5.41) is 6.61. The minimum absolute atomic E-state index is 0.190. The molecule has 1 heterocycles. The fourth-order valence-corrected chi connectivity index (χ4v) is 1.56. The molecule has 1 aromatic carbocycles. The molecule has 2 N–H and O–H groups in total. The van der Waals surface area contributed by atoms with E-state index in [2.05, 4.69) is 10.6 Å². The van der Waals surface area contributed by atoms with Crippen molar-refractivity contribution >= 4 is 5.69 Å². The molecule has 2 nitrogen and oxygen atoms in total. The fraction of sp³-hybridized carbons (Fsp3) is 0.400. The van der Waals surface area contributed by atoms with Gasteiger partial charge in [0, 0.05) is 5.69 Å². The van der Waals surface area contributed by atoms with Crippen LogP contribution in [0.25, 0.3) is 0 Å². The Morgan fingerprint density at radius 1 is 1.31 bits per heavy atom. The van der Waals surface area contributed by atoms with Crippen LogP contribution in [0, 0.1) is 5.82 Å². The Morgan fingerprint density at radius 3 is 2.69 bits per heavy atom. The first-order valence-corrected chi connectivity index (χ1v) is 4.60. The van der Waals surface area contributed by atoms with Crippen LogP contribution >= 0.6 is 0 Å². The van der Waals surface area contributed by atoms with E-state index in [9.17, 15) is 4.39 Å². The van der Waals surface area contributed by atoms with Crippen LogP contribution in [0.3, 0.4) is 0 Å². The van der Waals surface area contributed by atoms with Crippen LogP contribution in [0.1, 0.15) is 12.8 Å². The van der Waals surface area contributed by atoms with Gasteiger partial charge in [-0.1, -0.05) is 0 Å². The summed E-state index contributed by atoms with van der Waals surface area (Å²) in [6.45, 7) is 1.07. The molecule has 0 radical (unpaired) electrons. The summed E-state index contributed by atoms with van der Waals surface area (Å²) in [5.41, 5.74) is 0.973. The van der Waals surface area contributed by atoms with Crippen LogP contribution in [0.5, 0.6) is 0 Å². The number of anilines is 1. The molecule has 1 aliphatic rings. The smallest absolute Gasteiger partial charge is 0.123 e. The number of nitrogens with one attached hydrogen (secondary N) is 2. The first-order chi connectivity index (χ1) is 6.34. The lowest BCUT2D eigenvalue weighted by Crippen LogP contribution is -2.29. The van der Waals surface area contributed by atoms with Gasteiger partial charge in [-0.15, -0.1) is 0 Å². The topological polar surface area (TPSA) is 24.1 Å². The predicted molar refractivity (Wildman–Crippen MR) is 51.0 cm³/mol. The zero-order valence-electron chi connectivity index (χ0n) is 7.39. The molecule has 1 atom stereocenters. The Balaban J connectivity index is 1.97. The van der Waals surface area contributed by atoms with E-state index in [1.54, 1.807) is 12.1 Å². The molecule has 1 aliphatic heterocycles. The number of hydrogen-bond donors (Lipinski definition) is 2. The zero-order chi connectivity index (χ0) is 9.10. The predicted octanol–water partition coefficient (Wildman–Crippen LogP) is 1.95. The molecular formula is C10H13FN2. The van der Waals surface area contributed by atoms with E-state index in [0.29, 0.717) is 6.17 Å². The van der Waals surface area contributed by atoms with Gasteiger partial charge in [-0.05, 0) is 43.7 Å². The third-order valence-corrected chi connectivity index (χ3v) is 2.25. The molecular weight excluding hydrogens is 167 g/mol. The molecule has 0 aliphatic carbocycles. The summed E-state index contributed by atoms with van der Waals surface area (Å²) in [6.07, 6.45) is 2.70. The number of hydrogen-bond acceptors (Lipinski definition) is 2. The van der Waals surface area contributed by atoms with Crippen LogP contribution in [-0.2, 0) is 0 Å². The number of halogens is 1. The van der Waals surface area contributed by atoms with Crippen molar-refractivity contribution in [3.8, 4) is 0 Å². The highest BCUT2D eigenvalue weighted by Crippen LogP contribution is 2.12. The van der Waals surface area contributed by atoms with Gasteiger partial charge in [0.05, 0.1) is 6.17 Å². The standard InChI is InChI=1S/C10H13FN2/c11-8-3-5-9(6-4-8)13-10-2-1-7-12-10/h3-6,10,12-13H,1-2,7H2. The average molecular weight is 180 g/mol. The molecule has 1 unspecified atom stereocenters. The summed E-state index contributed by atoms with van der Waals surface area (Å²) in [4.78, 5) is 0. The van der Waals surface area contributed by atoms with Crippen molar-refractivity contribution in [1.82, 2.24) is 5.32 Å². The Hall–Kier alpha value is -1.09. The normalized spacial score (nSPS) is 21.8. The second kappa shape index (κ2) is 3.75. The van der Waals surface area contributed by atoms with E-state index in [1.807, 2.05) is 0 Å². The van der Waals surface area contributed by atoms with Gasteiger partial charge in [-0.2, -0.15) is 0 Å². The molecule has 1 aromatic rings. The van der Waals surface area contributed by atoms with Gasteiger partial charge in [0.25, 0.3) is 0 Å². The van der Waals surface area contributed by atoms with Gasteiger partial charge < -0.3 is 5.32 Å². The maximum Gasteiger partial charge on any atom is 0.123 e. The van der Waals surface area contributed by atoms with Gasteiger partial charge in [0.2, 0.25) is 0 Å². The van der Waals surface area contributed by atoms with Crippen LogP contribution in [0.4, 0.5) is 10.1 Å². The van der Waals surface area contributed by atoms with E-state index in [-0.39, 0.29) is 5.82 Å². The molecule has 3 heteroatoms. The Kier molecular flexibility index (Phi) is 2.45. The molecule has 0 amide bonds. The lowest BCUT2D eigenvalue weighted by atomic mass is 10.3. The first kappa shape index (κ1) is 8.51. The maximum atomic E-state index is 12.6. The summed E-state index contributed by atoms with van der Waals surface area (Å²) in [5.74, 6) is -0.190. The van der Waals surface area contributed by atoms with Crippen molar-refractivity contribution in [2.45, 2.75) is 19.0 Å². The monoisotopic (exact) mass is 180 g/mol. The van der Waals surface area contributed by atoms with Crippen molar-refractivity contribution in [2.24, 2.45) is 0 Å². The van der Waals surface area contributed by atoms with Crippen molar-refractivity contribution in [3.05, 3.63) is 30.1 Å². The molecule has 2 rings (SSSR count). The summed E-state index contributed by atoms with van der Waals surface area (Å²) >= 11 is 0. The van der Waals surface area contributed by atoms with E-state index in [4.69, 9.17) is 0 Å². The Bertz CT molecular complexity index is 265. The Labute approximate surface area is 77.2 Å². The lowest BCUT2D eigenvalue weighted by molar-refractivity contribution is 0.627. The largest absolute Gasteiger partial charge is 0.370 e. The van der Waals surface area contributed by atoms with Crippen LogP contribution < -0.4 is 10.6 Å². The molecule has 0 bridgehead atoms. The average Bonchev–Trinajstić information content (AvgIpc) is 2.62. The highest BCUT2D eigenvalue weighted by molar-refractivity contribution is 5.43. The molecule has 1 fully saturated rings. The van der Waals surface area contributed by atoms with E-state index >= 15 is 0 Å². The van der Waals surface area contributed by atoms with Crippen molar-refractivity contribution in [1.29, 1.82) is 0 Å². The first-order valence-electron chi connectivity index (χ1n) is 4.60. The summed E-state index contributed by atoms with van der Waals surface area (Å²) in [7, 11) is 0. The minimum atomic E-state index is -0.190. The molecule has 70 valence electrons. The fourth-order valence-electron chi connectivity index (χ4n) is 1.56. The van der Waals surface area contributed by atoms with Crippen LogP contribution in [0.2, 0.25) is 0 Å². The van der Waals surface area contributed by atoms with Gasteiger partial charge in [-0.3, -0.25) is 5.32 Å². The highest BCUT2D eigenvalue weighted by Gasteiger charge is 2.12. The third-order valence-electron chi connectivity index (χ3n) is 2.25. The molecule has 0 saturated carbocycles. The van der Waals surface area contributed by atoms with Gasteiger partial charge in [-0.25, -0.2) is 4.39 Å². The zero-order valence-corrected chi connectivity index (χ0v) is 7.39. The third kappa shape index (κ3) is 2.18.